The van der Waals surface area contributed by atoms with Crippen molar-refractivity contribution in [3.63, 3.8) is 0 Å². The first-order chi connectivity index (χ1) is 10.1. The molecule has 2 N–H and O–H groups in total. The van der Waals surface area contributed by atoms with Crippen LogP contribution in [0.2, 0.25) is 10.0 Å². The van der Waals surface area contributed by atoms with Crippen LogP contribution in [0.3, 0.4) is 0 Å². The van der Waals surface area contributed by atoms with Crippen molar-refractivity contribution in [3.8, 4) is 0 Å². The molecule has 114 valence electrons. The number of hydrogen-bond donors (Lipinski definition) is 2. The number of amides is 2. The summed E-state index contributed by atoms with van der Waals surface area (Å²) in [6, 6.07) is 5.70. The lowest BCUT2D eigenvalue weighted by atomic mass is 10.0. The Hall–Kier alpha value is -0.970. The number of halogens is 2. The third-order valence-electron chi connectivity index (χ3n) is 4.29. The second-order valence-corrected chi connectivity index (χ2v) is 6.50. The van der Waals surface area contributed by atoms with Gasteiger partial charge in [0.2, 0.25) is 0 Å². The van der Waals surface area contributed by atoms with E-state index >= 15 is 0 Å². The predicted octanol–water partition coefficient (Wildman–Crippen LogP) is 3.74. The third-order valence-corrected chi connectivity index (χ3v) is 4.86. The summed E-state index contributed by atoms with van der Waals surface area (Å²) in [5.74, 6) is 0. The fourth-order valence-electron chi connectivity index (χ4n) is 3.28. The van der Waals surface area contributed by atoms with Crippen molar-refractivity contribution < 1.29 is 4.79 Å². The summed E-state index contributed by atoms with van der Waals surface area (Å²) in [5, 5.41) is 7.45. The average Bonchev–Trinajstić information content (AvgIpc) is 3.12. The van der Waals surface area contributed by atoms with Crippen LogP contribution in [-0.2, 0) is 0 Å². The highest BCUT2D eigenvalue weighted by molar-refractivity contribution is 6.35. The van der Waals surface area contributed by atoms with E-state index in [9.17, 15) is 4.79 Å². The van der Waals surface area contributed by atoms with Crippen molar-refractivity contribution in [1.29, 1.82) is 0 Å². The summed E-state index contributed by atoms with van der Waals surface area (Å²) in [6.45, 7) is 1.85. The fourth-order valence-corrected chi connectivity index (χ4v) is 3.62. The Labute approximate surface area is 134 Å². The van der Waals surface area contributed by atoms with Crippen molar-refractivity contribution in [1.82, 2.24) is 10.2 Å². The molecule has 2 fully saturated rings. The first-order valence-electron chi connectivity index (χ1n) is 7.41. The largest absolute Gasteiger partial charge is 0.322 e. The third kappa shape index (κ3) is 3.28. The maximum absolute atomic E-state index is 12.5. The number of urea groups is 1. The van der Waals surface area contributed by atoms with Crippen LogP contribution in [0.15, 0.2) is 18.2 Å². The number of carbonyl (C=O) groups excluding carboxylic acids is 1. The van der Waals surface area contributed by atoms with Gasteiger partial charge in [-0.3, -0.25) is 0 Å². The van der Waals surface area contributed by atoms with Gasteiger partial charge in [-0.05, 0) is 50.4 Å². The van der Waals surface area contributed by atoms with Gasteiger partial charge >= 0.3 is 6.03 Å². The van der Waals surface area contributed by atoms with Crippen molar-refractivity contribution in [2.45, 2.75) is 37.8 Å². The Morgan fingerprint density at radius 2 is 2.14 bits per heavy atom. The predicted molar refractivity (Wildman–Crippen MR) is 86.2 cm³/mol. The molecule has 2 saturated heterocycles. The monoisotopic (exact) mass is 327 g/mol. The van der Waals surface area contributed by atoms with Gasteiger partial charge in [-0.2, -0.15) is 0 Å². The minimum Gasteiger partial charge on any atom is -0.320 e. The van der Waals surface area contributed by atoms with E-state index in [1.165, 1.54) is 6.42 Å². The maximum atomic E-state index is 12.5. The highest BCUT2D eigenvalue weighted by Crippen LogP contribution is 2.28. The van der Waals surface area contributed by atoms with Crippen molar-refractivity contribution in [3.05, 3.63) is 28.2 Å². The molecule has 2 aliphatic rings. The Balaban J connectivity index is 1.70. The normalized spacial score (nSPS) is 25.3. The van der Waals surface area contributed by atoms with Gasteiger partial charge in [-0.25, -0.2) is 4.79 Å². The fraction of sp³-hybridized carbons (Fsp3) is 0.533. The van der Waals surface area contributed by atoms with Crippen LogP contribution in [0.5, 0.6) is 0 Å². The van der Waals surface area contributed by atoms with Gasteiger partial charge in [0, 0.05) is 23.7 Å². The SMILES string of the molecule is O=C(Nc1cc(Cl)ccc1Cl)N1CCCC1C1CCCN1. The van der Waals surface area contributed by atoms with Crippen molar-refractivity contribution in [2.24, 2.45) is 0 Å². The molecule has 0 aromatic heterocycles. The number of likely N-dealkylation sites (tertiary alicyclic amines) is 1. The second kappa shape index (κ2) is 6.42. The van der Waals surface area contributed by atoms with Gasteiger partial charge in [0.25, 0.3) is 0 Å². The maximum Gasteiger partial charge on any atom is 0.322 e. The molecule has 2 atom stereocenters. The smallest absolute Gasteiger partial charge is 0.320 e. The van der Waals surface area contributed by atoms with E-state index in [1.54, 1.807) is 18.2 Å². The molecule has 4 nitrogen and oxygen atoms in total. The summed E-state index contributed by atoms with van der Waals surface area (Å²) in [4.78, 5) is 14.5. The Morgan fingerprint density at radius 1 is 1.29 bits per heavy atom. The molecule has 2 amide bonds. The summed E-state index contributed by atoms with van der Waals surface area (Å²) < 4.78 is 0. The molecule has 2 unspecified atom stereocenters. The van der Waals surface area contributed by atoms with Gasteiger partial charge in [-0.1, -0.05) is 23.2 Å². The molecule has 6 heteroatoms. The zero-order valence-electron chi connectivity index (χ0n) is 11.7. The van der Waals surface area contributed by atoms with Crippen LogP contribution >= 0.6 is 23.2 Å². The van der Waals surface area contributed by atoms with Crippen LogP contribution < -0.4 is 10.6 Å². The molecule has 2 heterocycles. The van der Waals surface area contributed by atoms with E-state index in [4.69, 9.17) is 23.2 Å². The summed E-state index contributed by atoms with van der Waals surface area (Å²) in [6.07, 6.45) is 4.46. The number of nitrogens with zero attached hydrogens (tertiary/aromatic N) is 1. The van der Waals surface area contributed by atoms with E-state index in [0.29, 0.717) is 21.8 Å². The van der Waals surface area contributed by atoms with E-state index in [0.717, 1.165) is 32.4 Å². The number of rotatable bonds is 2. The molecular weight excluding hydrogens is 309 g/mol. The lowest BCUT2D eigenvalue weighted by Gasteiger charge is -2.29. The highest BCUT2D eigenvalue weighted by Gasteiger charge is 2.35. The Kier molecular flexibility index (Phi) is 4.57. The zero-order chi connectivity index (χ0) is 14.8. The van der Waals surface area contributed by atoms with Crippen molar-refractivity contribution in [2.75, 3.05) is 18.4 Å². The molecule has 21 heavy (non-hydrogen) atoms. The van der Waals surface area contributed by atoms with Crippen LogP contribution in [0.1, 0.15) is 25.7 Å². The molecule has 2 aliphatic heterocycles. The van der Waals surface area contributed by atoms with Crippen LogP contribution in [0, 0.1) is 0 Å². The van der Waals surface area contributed by atoms with Crippen LogP contribution in [0.25, 0.3) is 0 Å². The minimum atomic E-state index is -0.0876. The molecule has 3 rings (SSSR count). The van der Waals surface area contributed by atoms with Gasteiger partial charge in [0.1, 0.15) is 0 Å². The van der Waals surface area contributed by atoms with Crippen LogP contribution in [0.4, 0.5) is 10.5 Å². The number of carbonyl (C=O) groups is 1. The van der Waals surface area contributed by atoms with Crippen molar-refractivity contribution >= 4 is 34.9 Å². The molecule has 0 aliphatic carbocycles. The molecule has 0 bridgehead atoms. The average molecular weight is 328 g/mol. The molecule has 0 radical (unpaired) electrons. The zero-order valence-corrected chi connectivity index (χ0v) is 13.3. The molecule has 0 saturated carbocycles. The number of benzene rings is 1. The minimum absolute atomic E-state index is 0.0876. The van der Waals surface area contributed by atoms with E-state index < -0.39 is 0 Å². The molecule has 1 aromatic carbocycles. The van der Waals surface area contributed by atoms with Gasteiger partial charge in [-0.15, -0.1) is 0 Å². The quantitative estimate of drug-likeness (QED) is 0.869. The summed E-state index contributed by atoms with van der Waals surface area (Å²) >= 11 is 12.1. The Morgan fingerprint density at radius 3 is 2.90 bits per heavy atom. The lowest BCUT2D eigenvalue weighted by Crippen LogP contribution is -2.48. The van der Waals surface area contributed by atoms with Gasteiger partial charge < -0.3 is 15.5 Å². The standard InChI is InChI=1S/C15H19Cl2N3O/c16-10-5-6-11(17)13(9-10)19-15(21)20-8-2-4-14(20)12-3-1-7-18-12/h5-6,9,12,14,18H,1-4,7-8H2,(H,19,21). The summed E-state index contributed by atoms with van der Waals surface area (Å²) in [5.41, 5.74) is 0.569. The van der Waals surface area contributed by atoms with Crippen LogP contribution in [-0.4, -0.2) is 36.1 Å². The van der Waals surface area contributed by atoms with E-state index in [-0.39, 0.29) is 12.1 Å². The summed E-state index contributed by atoms with van der Waals surface area (Å²) in [7, 11) is 0. The first-order valence-corrected chi connectivity index (χ1v) is 8.17. The number of nitrogens with one attached hydrogen (secondary N) is 2. The molecular formula is C15H19Cl2N3O. The molecule has 0 spiro atoms. The van der Waals surface area contributed by atoms with Gasteiger partial charge in [0.15, 0.2) is 0 Å². The topological polar surface area (TPSA) is 44.4 Å². The van der Waals surface area contributed by atoms with E-state index in [2.05, 4.69) is 10.6 Å². The number of anilines is 1. The second-order valence-electron chi connectivity index (χ2n) is 5.66. The first kappa shape index (κ1) is 14.9. The number of hydrogen-bond acceptors (Lipinski definition) is 2. The lowest BCUT2D eigenvalue weighted by molar-refractivity contribution is 0.195. The Bertz CT molecular complexity index is 532. The molecule has 1 aromatic rings. The van der Waals surface area contributed by atoms with E-state index in [1.807, 2.05) is 4.90 Å². The van der Waals surface area contributed by atoms with Gasteiger partial charge in [0.05, 0.1) is 10.7 Å². The highest BCUT2D eigenvalue weighted by atomic mass is 35.5.